The van der Waals surface area contributed by atoms with Crippen LogP contribution < -0.4 is 4.74 Å². The number of furan rings is 1. The van der Waals surface area contributed by atoms with E-state index in [0.29, 0.717) is 16.9 Å². The van der Waals surface area contributed by atoms with Crippen LogP contribution in [0.15, 0.2) is 83.3 Å². The molecule has 0 aliphatic heterocycles. The molecule has 10 nitrogen and oxygen atoms in total. The minimum absolute atomic E-state index is 0.0216. The molecule has 19 heteroatoms. The minimum atomic E-state index is -5.00. The number of alkyl halides is 9. The molecule has 1 aromatic heterocycles. The molecule has 61 heavy (non-hydrogen) atoms. The van der Waals surface area contributed by atoms with Gasteiger partial charge < -0.3 is 28.8 Å². The van der Waals surface area contributed by atoms with E-state index in [2.05, 4.69) is 9.47 Å². The summed E-state index contributed by atoms with van der Waals surface area (Å²) < 4.78 is 131. The lowest BCUT2D eigenvalue weighted by atomic mass is 10.1. The van der Waals surface area contributed by atoms with E-state index in [0.717, 1.165) is 29.3 Å². The van der Waals surface area contributed by atoms with Gasteiger partial charge in [-0.1, -0.05) is 36.4 Å². The molecule has 0 spiro atoms. The Morgan fingerprint density at radius 2 is 1.13 bits per heavy atom. The molecule has 5 rings (SSSR count). The second kappa shape index (κ2) is 21.6. The topological polar surface area (TPSA) is 150 Å². The van der Waals surface area contributed by atoms with Crippen molar-refractivity contribution in [1.29, 1.82) is 0 Å². The van der Waals surface area contributed by atoms with Crippen LogP contribution in [0.4, 0.5) is 39.5 Å². The van der Waals surface area contributed by atoms with Gasteiger partial charge in [0.2, 0.25) is 5.76 Å². The number of rotatable bonds is 8. The number of ketones is 2. The van der Waals surface area contributed by atoms with Crippen LogP contribution in [-0.4, -0.2) is 65.9 Å². The fraction of sp³-hybridized carbons (Fsp3) is 0.286. The average Bonchev–Trinajstić information content (AvgIpc) is 3.54. The molecule has 0 radical (unpaired) electrons. The SMILES string of the molecule is CCOC(=O)COc1cc(C)ccc1C(=O)C(F)(F)F.CCOC(=O)c1oc2cc(C)ccc2c1C(F)(F)F.Cc1ccc(C(=O)C(F)(F)F)c(O)c1.Cc1cccc(O)c1. The van der Waals surface area contributed by atoms with Gasteiger partial charge in [0.15, 0.2) is 6.61 Å². The molecule has 4 aromatic carbocycles. The third-order valence-corrected chi connectivity index (χ3v) is 7.54. The maximum absolute atomic E-state index is 13.0. The number of fused-ring (bicyclic) bond motifs is 1. The lowest BCUT2D eigenvalue weighted by molar-refractivity contribution is -0.145. The first kappa shape index (κ1) is 50.6. The Bertz CT molecular complexity index is 2290. The summed E-state index contributed by atoms with van der Waals surface area (Å²) >= 11 is 0. The first-order valence-corrected chi connectivity index (χ1v) is 17.7. The number of hydrogen-bond donors (Lipinski definition) is 2. The number of Topliss-reactive ketones (excluding diaryl/α,β-unsaturated/α-hetero) is 2. The van der Waals surface area contributed by atoms with E-state index in [1.54, 1.807) is 39.8 Å². The van der Waals surface area contributed by atoms with Gasteiger partial charge in [-0.15, -0.1) is 0 Å². The number of phenols is 2. The Labute approximate surface area is 342 Å². The highest BCUT2D eigenvalue weighted by Crippen LogP contribution is 2.40. The fourth-order valence-electron chi connectivity index (χ4n) is 4.87. The van der Waals surface area contributed by atoms with E-state index < -0.39 is 76.8 Å². The Balaban J connectivity index is 0.000000292. The van der Waals surface area contributed by atoms with Crippen LogP contribution in [0.2, 0.25) is 0 Å². The van der Waals surface area contributed by atoms with Gasteiger partial charge in [-0.3, -0.25) is 9.59 Å². The van der Waals surface area contributed by atoms with Crippen LogP contribution >= 0.6 is 0 Å². The predicted octanol–water partition coefficient (Wildman–Crippen LogP) is 10.8. The molecule has 0 amide bonds. The van der Waals surface area contributed by atoms with Crippen LogP contribution in [0.1, 0.15) is 72.9 Å². The quantitative estimate of drug-likeness (QED) is 0.0876. The predicted molar refractivity (Wildman–Crippen MR) is 202 cm³/mol. The van der Waals surface area contributed by atoms with E-state index in [1.807, 2.05) is 19.1 Å². The Morgan fingerprint density at radius 3 is 1.62 bits per heavy atom. The highest BCUT2D eigenvalue weighted by atomic mass is 19.4. The second-order valence-electron chi connectivity index (χ2n) is 12.6. The Morgan fingerprint density at radius 1 is 0.623 bits per heavy atom. The fourth-order valence-corrected chi connectivity index (χ4v) is 4.87. The largest absolute Gasteiger partial charge is 0.508 e. The molecule has 330 valence electrons. The summed E-state index contributed by atoms with van der Waals surface area (Å²) in [6.07, 6.45) is -14.6. The molecule has 5 aromatic rings. The molecule has 0 aliphatic carbocycles. The lowest BCUT2D eigenvalue weighted by Gasteiger charge is -2.12. The Hall–Kier alpha value is -6.53. The molecule has 0 bridgehead atoms. The number of aromatic hydroxyl groups is 2. The van der Waals surface area contributed by atoms with E-state index in [4.69, 9.17) is 19.4 Å². The summed E-state index contributed by atoms with van der Waals surface area (Å²) in [7, 11) is 0. The van der Waals surface area contributed by atoms with Crippen molar-refractivity contribution in [2.75, 3.05) is 19.8 Å². The van der Waals surface area contributed by atoms with E-state index in [-0.39, 0.29) is 29.9 Å². The van der Waals surface area contributed by atoms with Crippen molar-refractivity contribution >= 4 is 34.5 Å². The number of carbonyl (C=O) groups is 4. The van der Waals surface area contributed by atoms with Crippen molar-refractivity contribution in [3.63, 3.8) is 0 Å². The van der Waals surface area contributed by atoms with Crippen LogP contribution in [0.3, 0.4) is 0 Å². The molecular weight excluding hydrogens is 835 g/mol. The lowest BCUT2D eigenvalue weighted by Crippen LogP contribution is -2.24. The average molecular weight is 875 g/mol. The summed E-state index contributed by atoms with van der Waals surface area (Å²) in [5.41, 5.74) is 0.603. The van der Waals surface area contributed by atoms with Crippen molar-refractivity contribution in [1.82, 2.24) is 0 Å². The maximum atomic E-state index is 13.0. The van der Waals surface area contributed by atoms with Crippen molar-refractivity contribution in [2.45, 2.75) is 60.1 Å². The van der Waals surface area contributed by atoms with Gasteiger partial charge in [-0.05, 0) is 106 Å². The maximum Gasteiger partial charge on any atom is 0.455 e. The van der Waals surface area contributed by atoms with Crippen LogP contribution in [0.5, 0.6) is 17.2 Å². The van der Waals surface area contributed by atoms with Crippen molar-refractivity contribution in [3.8, 4) is 17.2 Å². The summed E-state index contributed by atoms with van der Waals surface area (Å²) in [4.78, 5) is 44.6. The van der Waals surface area contributed by atoms with Crippen molar-refractivity contribution < 1.29 is 87.5 Å². The smallest absolute Gasteiger partial charge is 0.455 e. The standard InChI is InChI=1S/C13H13F3O4.C13H11F3O3.C9H7F3O2.C7H8O/c1-3-19-11(17)7-20-10-6-8(2)4-5-9(10)12(18)13(14,15)16;1-3-18-12(17)11-10(13(14,15)16)8-5-4-7(2)6-9(8)19-11;1-5-2-3-6(7(13)4-5)8(14)9(10,11)12;1-6-3-2-4-7(8)5-6/h4-6H,3,7H2,1-2H3;4-6H,3H2,1-2H3;2-4,13H,1H3;2-5,8H,1H3. The summed E-state index contributed by atoms with van der Waals surface area (Å²) in [5.74, 6) is -7.28. The molecule has 0 saturated carbocycles. The molecule has 0 aliphatic rings. The van der Waals surface area contributed by atoms with Crippen LogP contribution in [0, 0.1) is 27.7 Å². The third-order valence-electron chi connectivity index (χ3n) is 7.54. The van der Waals surface area contributed by atoms with Gasteiger partial charge in [0.1, 0.15) is 28.4 Å². The first-order chi connectivity index (χ1) is 28.2. The summed E-state index contributed by atoms with van der Waals surface area (Å²) in [6, 6.07) is 18.5. The van der Waals surface area contributed by atoms with Gasteiger partial charge in [-0.2, -0.15) is 39.5 Å². The van der Waals surface area contributed by atoms with Crippen molar-refractivity contribution in [3.05, 3.63) is 124 Å². The minimum Gasteiger partial charge on any atom is -0.508 e. The highest BCUT2D eigenvalue weighted by molar-refractivity contribution is 6.03. The number of ether oxygens (including phenoxy) is 3. The molecule has 2 N–H and O–H groups in total. The summed E-state index contributed by atoms with van der Waals surface area (Å²) in [5, 5.41) is 17.8. The summed E-state index contributed by atoms with van der Waals surface area (Å²) in [6.45, 7) is 9.53. The molecule has 0 unspecified atom stereocenters. The van der Waals surface area contributed by atoms with Gasteiger partial charge in [-0.25, -0.2) is 9.59 Å². The third kappa shape index (κ3) is 15.5. The zero-order valence-corrected chi connectivity index (χ0v) is 33.2. The van der Waals surface area contributed by atoms with Crippen molar-refractivity contribution in [2.24, 2.45) is 0 Å². The van der Waals surface area contributed by atoms with Crippen LogP contribution in [0.25, 0.3) is 11.0 Å². The number of halogens is 9. The zero-order chi connectivity index (χ0) is 46.5. The number of phenolic OH excluding ortho intramolecular Hbond substituents is 2. The molecule has 0 atom stereocenters. The van der Waals surface area contributed by atoms with Gasteiger partial charge in [0.25, 0.3) is 11.6 Å². The van der Waals surface area contributed by atoms with Gasteiger partial charge in [0, 0.05) is 5.39 Å². The number of benzene rings is 4. The molecule has 0 saturated heterocycles. The zero-order valence-electron chi connectivity index (χ0n) is 33.2. The van der Waals surface area contributed by atoms with E-state index >= 15 is 0 Å². The highest BCUT2D eigenvalue weighted by Gasteiger charge is 2.42. The second-order valence-corrected chi connectivity index (χ2v) is 12.6. The number of hydrogen-bond acceptors (Lipinski definition) is 10. The van der Waals surface area contributed by atoms with E-state index in [9.17, 15) is 58.7 Å². The van der Waals surface area contributed by atoms with E-state index in [1.165, 1.54) is 43.3 Å². The molecule has 1 heterocycles. The van der Waals surface area contributed by atoms with Gasteiger partial charge in [0.05, 0.1) is 24.3 Å². The molecular formula is C42H39F9O10. The molecule has 0 fully saturated rings. The number of carbonyl (C=O) groups excluding carboxylic acids is 4. The number of aryl methyl sites for hydroxylation is 4. The van der Waals surface area contributed by atoms with Gasteiger partial charge >= 0.3 is 30.5 Å². The van der Waals surface area contributed by atoms with Crippen LogP contribution in [-0.2, 0) is 20.4 Å². The number of esters is 2. The first-order valence-electron chi connectivity index (χ1n) is 17.7. The monoisotopic (exact) mass is 874 g/mol. The Kier molecular flexibility index (Phi) is 18.0. The normalized spacial score (nSPS) is 11.1.